The number of benzene rings is 1. The standard InChI is InChI=1S/C24H25N5O3S2/c1-4-29-19(13-17-11-8-12-28(17)2)26-27-24(29)34-15-20(30)25-22-21(23(31)32-3)18(14-33-22)16-9-6-5-7-10-16/h5-12,14H,4,13,15H2,1-3H3,(H,25,30). The van der Waals surface area contributed by atoms with Crippen LogP contribution in [-0.2, 0) is 29.5 Å². The normalized spacial score (nSPS) is 10.9. The second-order valence-corrected chi connectivity index (χ2v) is 9.30. The van der Waals surface area contributed by atoms with E-state index in [4.69, 9.17) is 4.74 Å². The van der Waals surface area contributed by atoms with Crippen molar-refractivity contribution in [2.75, 3.05) is 18.2 Å². The van der Waals surface area contributed by atoms with E-state index in [2.05, 4.69) is 26.1 Å². The maximum absolute atomic E-state index is 12.8. The molecule has 34 heavy (non-hydrogen) atoms. The average molecular weight is 496 g/mol. The number of amides is 1. The summed E-state index contributed by atoms with van der Waals surface area (Å²) in [6.07, 6.45) is 2.66. The van der Waals surface area contributed by atoms with Crippen LogP contribution in [0.2, 0.25) is 0 Å². The number of ether oxygens (including phenoxy) is 1. The van der Waals surface area contributed by atoms with Crippen molar-refractivity contribution in [2.45, 2.75) is 25.0 Å². The van der Waals surface area contributed by atoms with Crippen LogP contribution in [0.4, 0.5) is 5.00 Å². The summed E-state index contributed by atoms with van der Waals surface area (Å²) >= 11 is 2.62. The number of aryl methyl sites for hydroxylation is 1. The molecule has 0 aliphatic carbocycles. The molecule has 176 valence electrons. The Kier molecular flexibility index (Phi) is 7.49. The first-order chi connectivity index (χ1) is 16.5. The Morgan fingerprint density at radius 2 is 1.94 bits per heavy atom. The van der Waals surface area contributed by atoms with E-state index in [1.165, 1.54) is 30.2 Å². The Morgan fingerprint density at radius 1 is 1.15 bits per heavy atom. The molecule has 0 fully saturated rings. The summed E-state index contributed by atoms with van der Waals surface area (Å²) in [4.78, 5) is 25.3. The third-order valence-corrected chi connectivity index (χ3v) is 7.21. The molecule has 0 unspecified atom stereocenters. The second kappa shape index (κ2) is 10.7. The van der Waals surface area contributed by atoms with Crippen LogP contribution in [0.3, 0.4) is 0 Å². The van der Waals surface area contributed by atoms with E-state index in [-0.39, 0.29) is 11.7 Å². The summed E-state index contributed by atoms with van der Waals surface area (Å²) in [7, 11) is 3.33. The molecule has 8 nitrogen and oxygen atoms in total. The predicted octanol–water partition coefficient (Wildman–Crippen LogP) is 4.47. The molecule has 0 atom stereocenters. The lowest BCUT2D eigenvalue weighted by Gasteiger charge is -2.09. The number of nitrogens with zero attached hydrogens (tertiary/aromatic N) is 4. The second-order valence-electron chi connectivity index (χ2n) is 7.48. The zero-order valence-corrected chi connectivity index (χ0v) is 20.8. The Balaban J connectivity index is 1.46. The number of hydrogen-bond donors (Lipinski definition) is 1. The number of carbonyl (C=O) groups is 2. The monoisotopic (exact) mass is 495 g/mol. The average Bonchev–Trinajstić information content (AvgIpc) is 3.56. The fourth-order valence-corrected chi connectivity index (χ4v) is 5.39. The molecule has 0 saturated carbocycles. The molecule has 0 aliphatic heterocycles. The van der Waals surface area contributed by atoms with Gasteiger partial charge in [0.25, 0.3) is 0 Å². The van der Waals surface area contributed by atoms with Crippen LogP contribution >= 0.6 is 23.1 Å². The minimum absolute atomic E-state index is 0.140. The van der Waals surface area contributed by atoms with Crippen molar-refractivity contribution in [3.05, 3.63) is 71.1 Å². The molecule has 10 heteroatoms. The van der Waals surface area contributed by atoms with E-state index in [0.717, 1.165) is 22.6 Å². The van der Waals surface area contributed by atoms with Crippen molar-refractivity contribution in [3.63, 3.8) is 0 Å². The quantitative estimate of drug-likeness (QED) is 0.272. The number of aromatic nitrogens is 4. The molecule has 0 spiro atoms. The highest BCUT2D eigenvalue weighted by atomic mass is 32.2. The van der Waals surface area contributed by atoms with Gasteiger partial charge in [-0.2, -0.15) is 0 Å². The first-order valence-corrected chi connectivity index (χ1v) is 12.6. The summed E-state index contributed by atoms with van der Waals surface area (Å²) in [5.74, 6) is 0.276. The third-order valence-electron chi connectivity index (χ3n) is 5.35. The van der Waals surface area contributed by atoms with E-state index >= 15 is 0 Å². The number of thiophene rings is 1. The van der Waals surface area contributed by atoms with Gasteiger partial charge in [0.1, 0.15) is 16.4 Å². The molecular weight excluding hydrogens is 470 g/mol. The van der Waals surface area contributed by atoms with Gasteiger partial charge in [-0.1, -0.05) is 42.1 Å². The predicted molar refractivity (Wildman–Crippen MR) is 134 cm³/mol. The Bertz CT molecular complexity index is 1290. The number of hydrogen-bond acceptors (Lipinski definition) is 7. The van der Waals surface area contributed by atoms with Gasteiger partial charge < -0.3 is 19.2 Å². The molecule has 4 rings (SSSR count). The number of nitrogens with one attached hydrogen (secondary N) is 1. The zero-order chi connectivity index (χ0) is 24.1. The van der Waals surface area contributed by atoms with E-state index < -0.39 is 5.97 Å². The molecule has 4 aromatic rings. The molecule has 0 radical (unpaired) electrons. The Labute approximate surface area is 206 Å². The fraction of sp³-hybridized carbons (Fsp3) is 0.250. The van der Waals surface area contributed by atoms with Crippen molar-refractivity contribution in [1.29, 1.82) is 0 Å². The van der Waals surface area contributed by atoms with Gasteiger partial charge in [0.15, 0.2) is 5.16 Å². The van der Waals surface area contributed by atoms with Crippen LogP contribution in [-0.4, -0.2) is 44.1 Å². The maximum Gasteiger partial charge on any atom is 0.341 e. The smallest absolute Gasteiger partial charge is 0.341 e. The van der Waals surface area contributed by atoms with Crippen LogP contribution in [0, 0.1) is 0 Å². The largest absolute Gasteiger partial charge is 0.465 e. The summed E-state index contributed by atoms with van der Waals surface area (Å²) in [5, 5.41) is 14.5. The summed E-state index contributed by atoms with van der Waals surface area (Å²) in [6.45, 7) is 2.73. The minimum atomic E-state index is -0.487. The highest BCUT2D eigenvalue weighted by Gasteiger charge is 2.23. The van der Waals surface area contributed by atoms with Crippen LogP contribution < -0.4 is 5.32 Å². The maximum atomic E-state index is 12.8. The number of esters is 1. The molecule has 0 bridgehead atoms. The first kappa shape index (κ1) is 23.8. The van der Waals surface area contributed by atoms with Gasteiger partial charge in [0.2, 0.25) is 5.91 Å². The number of methoxy groups -OCH3 is 1. The van der Waals surface area contributed by atoms with Gasteiger partial charge >= 0.3 is 5.97 Å². The van der Waals surface area contributed by atoms with E-state index in [1.54, 1.807) is 0 Å². The van der Waals surface area contributed by atoms with Gasteiger partial charge in [0.05, 0.1) is 12.9 Å². The molecule has 3 heterocycles. The number of carbonyl (C=O) groups excluding carboxylic acids is 2. The van der Waals surface area contributed by atoms with Crippen molar-refractivity contribution in [3.8, 4) is 11.1 Å². The number of rotatable bonds is 9. The zero-order valence-electron chi connectivity index (χ0n) is 19.1. The van der Waals surface area contributed by atoms with Crippen molar-refractivity contribution >= 4 is 40.0 Å². The van der Waals surface area contributed by atoms with Crippen molar-refractivity contribution in [1.82, 2.24) is 19.3 Å². The Morgan fingerprint density at radius 3 is 2.62 bits per heavy atom. The van der Waals surface area contributed by atoms with Crippen LogP contribution in [0.1, 0.15) is 28.8 Å². The van der Waals surface area contributed by atoms with Crippen molar-refractivity contribution < 1.29 is 14.3 Å². The lowest BCUT2D eigenvalue weighted by molar-refractivity contribution is -0.113. The number of anilines is 1. The van der Waals surface area contributed by atoms with Gasteiger partial charge in [-0.3, -0.25) is 4.79 Å². The molecular formula is C24H25N5O3S2. The van der Waals surface area contributed by atoms with E-state index in [0.29, 0.717) is 28.7 Å². The highest BCUT2D eigenvalue weighted by Crippen LogP contribution is 2.36. The highest BCUT2D eigenvalue weighted by molar-refractivity contribution is 7.99. The molecule has 0 saturated heterocycles. The molecule has 1 N–H and O–H groups in total. The summed E-state index contributed by atoms with van der Waals surface area (Å²) in [5.41, 5.74) is 3.12. The molecule has 1 amide bonds. The summed E-state index contributed by atoms with van der Waals surface area (Å²) in [6, 6.07) is 13.6. The van der Waals surface area contributed by atoms with Crippen molar-refractivity contribution in [2.24, 2.45) is 7.05 Å². The molecule has 1 aromatic carbocycles. The fourth-order valence-electron chi connectivity index (χ4n) is 3.59. The minimum Gasteiger partial charge on any atom is -0.465 e. The van der Waals surface area contributed by atoms with Crippen LogP contribution in [0.25, 0.3) is 11.1 Å². The van der Waals surface area contributed by atoms with Gasteiger partial charge in [-0.15, -0.1) is 21.5 Å². The topological polar surface area (TPSA) is 91.0 Å². The lowest BCUT2D eigenvalue weighted by atomic mass is 10.0. The first-order valence-electron chi connectivity index (χ1n) is 10.7. The lowest BCUT2D eigenvalue weighted by Crippen LogP contribution is -2.16. The van der Waals surface area contributed by atoms with E-state index in [1.807, 2.05) is 66.5 Å². The molecule has 3 aromatic heterocycles. The van der Waals surface area contributed by atoms with Crippen LogP contribution in [0.5, 0.6) is 0 Å². The molecule has 0 aliphatic rings. The Hall–Kier alpha value is -3.37. The van der Waals surface area contributed by atoms with Gasteiger partial charge in [-0.25, -0.2) is 4.79 Å². The van der Waals surface area contributed by atoms with E-state index in [9.17, 15) is 9.59 Å². The number of thioether (sulfide) groups is 1. The third kappa shape index (κ3) is 5.07. The van der Waals surface area contributed by atoms with Gasteiger partial charge in [-0.05, 0) is 24.6 Å². The SMILES string of the molecule is CCn1c(Cc2cccn2C)nnc1SCC(=O)Nc1scc(-c2ccccc2)c1C(=O)OC. The summed E-state index contributed by atoms with van der Waals surface area (Å²) < 4.78 is 9.05. The van der Waals surface area contributed by atoms with Crippen LogP contribution in [0.15, 0.2) is 59.2 Å². The van der Waals surface area contributed by atoms with Gasteiger partial charge in [0, 0.05) is 42.8 Å².